The van der Waals surface area contributed by atoms with Gasteiger partial charge in [0.15, 0.2) is 0 Å². The minimum absolute atomic E-state index is 0.486. The van der Waals surface area contributed by atoms with Crippen LogP contribution in [-0.2, 0) is 12.2 Å². The molecule has 1 N–H and O–H groups in total. The van der Waals surface area contributed by atoms with E-state index in [2.05, 4.69) is 34.2 Å². The lowest BCUT2D eigenvalue weighted by atomic mass is 9.84. The van der Waals surface area contributed by atoms with Crippen LogP contribution < -0.4 is 4.74 Å². The third kappa shape index (κ3) is 4.31. The summed E-state index contributed by atoms with van der Waals surface area (Å²) < 4.78 is 6.02. The van der Waals surface area contributed by atoms with Gasteiger partial charge in [-0.1, -0.05) is 54.1 Å². The number of nitrogens with zero attached hydrogens (tertiary/aromatic N) is 2. The maximum absolute atomic E-state index is 11.1. The molecule has 0 saturated carbocycles. The number of hydrogen-bond donors (Lipinski definition) is 1. The van der Waals surface area contributed by atoms with Gasteiger partial charge in [-0.2, -0.15) is 0 Å². The molecule has 5 heteroatoms. The first kappa shape index (κ1) is 21.2. The zero-order valence-electron chi connectivity index (χ0n) is 18.0. The van der Waals surface area contributed by atoms with Crippen molar-refractivity contribution in [3.8, 4) is 5.75 Å². The van der Waals surface area contributed by atoms with Gasteiger partial charge < -0.3 is 14.7 Å². The normalized spacial score (nSPS) is 19.0. The average Bonchev–Trinajstić information content (AvgIpc) is 2.98. The lowest BCUT2D eigenvalue weighted by Gasteiger charge is -2.38. The Balaban J connectivity index is 1.28. The van der Waals surface area contributed by atoms with Gasteiger partial charge in [0, 0.05) is 42.0 Å². The summed E-state index contributed by atoms with van der Waals surface area (Å²) in [5.41, 5.74) is 4.63. The van der Waals surface area contributed by atoms with Gasteiger partial charge in [0.05, 0.1) is 11.3 Å². The minimum Gasteiger partial charge on any atom is -0.487 e. The summed E-state index contributed by atoms with van der Waals surface area (Å²) in [6.07, 6.45) is 6.53. The molecule has 2 aliphatic rings. The van der Waals surface area contributed by atoms with Gasteiger partial charge in [-0.15, -0.1) is 0 Å². The maximum atomic E-state index is 11.1. The van der Waals surface area contributed by atoms with Gasteiger partial charge in [0.25, 0.3) is 0 Å². The van der Waals surface area contributed by atoms with Crippen LogP contribution in [-0.4, -0.2) is 34.6 Å². The summed E-state index contributed by atoms with van der Waals surface area (Å²) >= 11 is 6.01. The highest BCUT2D eigenvalue weighted by molar-refractivity contribution is 6.30. The average molecular weight is 447 g/mol. The molecule has 0 spiro atoms. The second-order valence-corrected chi connectivity index (χ2v) is 9.01. The van der Waals surface area contributed by atoms with Gasteiger partial charge in [0.2, 0.25) is 0 Å². The number of fused-ring (bicyclic) bond motifs is 2. The molecule has 32 heavy (non-hydrogen) atoms. The number of halogens is 1. The van der Waals surface area contributed by atoms with Crippen molar-refractivity contribution in [1.29, 1.82) is 0 Å². The van der Waals surface area contributed by atoms with Crippen LogP contribution in [0.3, 0.4) is 0 Å². The van der Waals surface area contributed by atoms with Crippen LogP contribution in [0, 0.1) is 0 Å². The lowest BCUT2D eigenvalue weighted by molar-refractivity contribution is -0.0254. The molecule has 1 fully saturated rings. The zero-order valence-corrected chi connectivity index (χ0v) is 18.8. The number of aliphatic hydroxyl groups is 1. The highest BCUT2D eigenvalue weighted by Gasteiger charge is 2.33. The summed E-state index contributed by atoms with van der Waals surface area (Å²) in [7, 11) is 0. The topological polar surface area (TPSA) is 45.6 Å². The Morgan fingerprint density at radius 3 is 2.56 bits per heavy atom. The second kappa shape index (κ2) is 9.07. The van der Waals surface area contributed by atoms with E-state index < -0.39 is 5.60 Å². The predicted octanol–water partition coefficient (Wildman–Crippen LogP) is 5.43. The van der Waals surface area contributed by atoms with E-state index in [0.29, 0.717) is 11.6 Å². The molecular weight excluding hydrogens is 420 g/mol. The molecule has 3 heterocycles. The fourth-order valence-corrected chi connectivity index (χ4v) is 4.84. The molecule has 0 atom stereocenters. The van der Waals surface area contributed by atoms with Crippen molar-refractivity contribution in [2.45, 2.75) is 31.5 Å². The maximum Gasteiger partial charge on any atom is 0.131 e. The highest BCUT2D eigenvalue weighted by atomic mass is 35.5. The first-order valence-corrected chi connectivity index (χ1v) is 11.6. The number of piperidine rings is 1. The molecule has 2 aromatic carbocycles. The molecule has 1 aromatic heterocycles. The van der Waals surface area contributed by atoms with Crippen molar-refractivity contribution in [1.82, 2.24) is 9.88 Å². The molecule has 3 aromatic rings. The summed E-state index contributed by atoms with van der Waals surface area (Å²) in [4.78, 5) is 6.98. The number of pyridine rings is 1. The van der Waals surface area contributed by atoms with E-state index >= 15 is 0 Å². The summed E-state index contributed by atoms with van der Waals surface area (Å²) in [6, 6.07) is 19.9. The molecule has 2 aliphatic heterocycles. The van der Waals surface area contributed by atoms with E-state index in [-0.39, 0.29) is 0 Å². The van der Waals surface area contributed by atoms with Gasteiger partial charge in [-0.25, -0.2) is 0 Å². The van der Waals surface area contributed by atoms with E-state index in [9.17, 15) is 5.11 Å². The van der Waals surface area contributed by atoms with Crippen molar-refractivity contribution in [3.63, 3.8) is 0 Å². The number of benzene rings is 2. The zero-order chi connectivity index (χ0) is 22.0. The number of ether oxygens (including phenoxy) is 1. The largest absolute Gasteiger partial charge is 0.487 e. The van der Waals surface area contributed by atoms with E-state index in [1.54, 1.807) is 0 Å². The van der Waals surface area contributed by atoms with Crippen LogP contribution in [0.5, 0.6) is 5.75 Å². The van der Waals surface area contributed by atoms with Crippen molar-refractivity contribution in [2.75, 3.05) is 19.6 Å². The predicted molar refractivity (Wildman–Crippen MR) is 128 cm³/mol. The molecule has 164 valence electrons. The molecular formula is C27H27ClN2O2. The first-order chi connectivity index (χ1) is 15.6. The Hall–Kier alpha value is -2.66. The van der Waals surface area contributed by atoms with Crippen molar-refractivity contribution in [2.24, 2.45) is 0 Å². The van der Waals surface area contributed by atoms with E-state index in [0.717, 1.165) is 67.0 Å². The molecule has 0 unspecified atom stereocenters. The van der Waals surface area contributed by atoms with Crippen LogP contribution >= 0.6 is 11.6 Å². The minimum atomic E-state index is -0.762. The number of para-hydroxylation sites is 1. The summed E-state index contributed by atoms with van der Waals surface area (Å²) in [5, 5.41) is 11.8. The van der Waals surface area contributed by atoms with Crippen molar-refractivity contribution < 1.29 is 9.84 Å². The number of rotatable bonds is 4. The number of hydrogen-bond acceptors (Lipinski definition) is 4. The van der Waals surface area contributed by atoms with Crippen LogP contribution in [0.2, 0.25) is 5.02 Å². The molecule has 1 saturated heterocycles. The van der Waals surface area contributed by atoms with Crippen LogP contribution in [0.4, 0.5) is 0 Å². The standard InChI is InChI=1S/C27H27ClN2O2/c28-21-11-9-20(10-12-21)27(31)13-17-30(18-14-27)16-4-7-22-23-6-3-15-29-25(23)19-32-26-8-2-1-5-24(22)26/h1-3,5-12,15,31H,4,13-14,16-19H2/b22-7+. The first-order valence-electron chi connectivity index (χ1n) is 11.2. The Kier molecular flexibility index (Phi) is 6.01. The Morgan fingerprint density at radius 1 is 1.00 bits per heavy atom. The fraction of sp³-hybridized carbons (Fsp3) is 0.296. The summed E-state index contributed by atoms with van der Waals surface area (Å²) in [6.45, 7) is 3.19. The van der Waals surface area contributed by atoms with E-state index in [1.165, 1.54) is 5.57 Å². The molecule has 0 bridgehead atoms. The molecule has 0 aliphatic carbocycles. The van der Waals surface area contributed by atoms with Gasteiger partial charge >= 0.3 is 0 Å². The summed E-state index contributed by atoms with van der Waals surface area (Å²) in [5.74, 6) is 0.905. The van der Waals surface area contributed by atoms with Gasteiger partial charge in [0.1, 0.15) is 12.4 Å². The fourth-order valence-electron chi connectivity index (χ4n) is 4.71. The quantitative estimate of drug-likeness (QED) is 0.580. The lowest BCUT2D eigenvalue weighted by Crippen LogP contribution is -2.42. The smallest absolute Gasteiger partial charge is 0.131 e. The second-order valence-electron chi connectivity index (χ2n) is 8.57. The Morgan fingerprint density at radius 2 is 1.75 bits per heavy atom. The van der Waals surface area contributed by atoms with Crippen molar-refractivity contribution in [3.05, 3.63) is 100 Å². The monoisotopic (exact) mass is 446 g/mol. The SMILES string of the molecule is OC1(c2ccc(Cl)cc2)CCN(CC/C=C2/c3ccccc3OCc3ncccc32)CC1. The van der Waals surface area contributed by atoms with E-state index in [1.807, 2.05) is 48.7 Å². The third-order valence-corrected chi connectivity index (χ3v) is 6.83. The Bertz CT molecular complexity index is 1070. The third-order valence-electron chi connectivity index (χ3n) is 6.58. The Labute approximate surface area is 194 Å². The van der Waals surface area contributed by atoms with E-state index in [4.69, 9.17) is 16.3 Å². The van der Waals surface area contributed by atoms with Crippen molar-refractivity contribution >= 4 is 17.2 Å². The van der Waals surface area contributed by atoms with Crippen LogP contribution in [0.25, 0.3) is 5.57 Å². The number of likely N-dealkylation sites (tertiary alicyclic amines) is 1. The van der Waals surface area contributed by atoms with Gasteiger partial charge in [-0.3, -0.25) is 4.98 Å². The molecule has 4 nitrogen and oxygen atoms in total. The molecule has 0 radical (unpaired) electrons. The van der Waals surface area contributed by atoms with Crippen LogP contribution in [0.15, 0.2) is 72.9 Å². The van der Waals surface area contributed by atoms with Crippen LogP contribution in [0.1, 0.15) is 41.6 Å². The van der Waals surface area contributed by atoms with Gasteiger partial charge in [-0.05, 0) is 54.7 Å². The molecule has 0 amide bonds. The molecule has 5 rings (SSSR count). The highest BCUT2D eigenvalue weighted by Crippen LogP contribution is 2.37. The number of aromatic nitrogens is 1.